The highest BCUT2D eigenvalue weighted by molar-refractivity contribution is 6.10. The van der Waals surface area contributed by atoms with Gasteiger partial charge >= 0.3 is 0 Å². The molecule has 0 radical (unpaired) electrons. The van der Waals surface area contributed by atoms with Crippen molar-refractivity contribution in [2.45, 2.75) is 27.7 Å². The van der Waals surface area contributed by atoms with E-state index < -0.39 is 0 Å². The zero-order valence-corrected chi connectivity index (χ0v) is 25.0. The molecule has 0 aliphatic heterocycles. The fourth-order valence-corrected chi connectivity index (χ4v) is 5.87. The van der Waals surface area contributed by atoms with Gasteiger partial charge in [0.05, 0.1) is 29.4 Å². The van der Waals surface area contributed by atoms with E-state index in [0.29, 0.717) is 46.2 Å². The molecule has 0 fully saturated rings. The molecule has 3 aromatic heterocycles. The summed E-state index contributed by atoms with van der Waals surface area (Å²) in [5.74, 6) is 3.65. The Labute approximate surface area is 259 Å². The van der Waals surface area contributed by atoms with Crippen molar-refractivity contribution in [3.05, 3.63) is 119 Å². The van der Waals surface area contributed by atoms with Gasteiger partial charge in [-0.1, -0.05) is 42.5 Å². The Morgan fingerprint density at radius 2 is 1.27 bits per heavy atom. The summed E-state index contributed by atoms with van der Waals surface area (Å²) in [6.07, 6.45) is 0. The number of hydrogen-bond donors (Lipinski definition) is 0. The molecule has 0 amide bonds. The second-order valence-electron chi connectivity index (χ2n) is 10.8. The van der Waals surface area contributed by atoms with Crippen LogP contribution in [0.1, 0.15) is 28.9 Å². The standard InChI is InChI=1S/C36H25N9/c1-20-39-21(2)42-35(41-20)25-11-15-33(31(17-25)36-43-22(3)40-23(4)44-36)45-32-9-7-6-8-29(32)30-13-10-24(18-34(30)45)28-14-12-27(38-5)16-26(28)19-37/h6-18H,1-4H3. The van der Waals surface area contributed by atoms with Crippen LogP contribution in [-0.2, 0) is 0 Å². The minimum Gasteiger partial charge on any atom is -0.308 e. The van der Waals surface area contributed by atoms with Crippen LogP contribution in [0.25, 0.3) is 66.2 Å². The lowest BCUT2D eigenvalue weighted by Crippen LogP contribution is -2.04. The number of nitriles is 1. The SMILES string of the molecule is [C-]#[N+]c1ccc(-c2ccc3c4ccccc4n(-c4ccc(-c5nc(C)nc(C)n5)cc4-c4nc(C)nc(C)n4)c3c2)c(C#N)c1. The van der Waals surface area contributed by atoms with Crippen LogP contribution in [0.3, 0.4) is 0 Å². The average Bonchev–Trinajstić information content (AvgIpc) is 3.36. The zero-order valence-electron chi connectivity index (χ0n) is 25.0. The number of aryl methyl sites for hydroxylation is 4. The lowest BCUT2D eigenvalue weighted by Gasteiger charge is -2.16. The van der Waals surface area contributed by atoms with Crippen LogP contribution in [-0.4, -0.2) is 34.5 Å². The number of para-hydroxylation sites is 1. The number of rotatable bonds is 4. The summed E-state index contributed by atoms with van der Waals surface area (Å²) in [6, 6.07) is 28.1. The van der Waals surface area contributed by atoms with Gasteiger partial charge in [0.15, 0.2) is 17.3 Å². The molecule has 45 heavy (non-hydrogen) atoms. The zero-order chi connectivity index (χ0) is 31.2. The maximum atomic E-state index is 9.93. The summed E-state index contributed by atoms with van der Waals surface area (Å²) in [7, 11) is 0. The minimum absolute atomic E-state index is 0.432. The Bertz CT molecular complexity index is 2370. The van der Waals surface area contributed by atoms with E-state index in [4.69, 9.17) is 16.5 Å². The van der Waals surface area contributed by atoms with Crippen molar-refractivity contribution in [2.24, 2.45) is 0 Å². The first-order valence-corrected chi connectivity index (χ1v) is 14.3. The average molecular weight is 584 g/mol. The summed E-state index contributed by atoms with van der Waals surface area (Å²) in [5.41, 5.74) is 6.98. The van der Waals surface area contributed by atoms with Crippen molar-refractivity contribution in [3.63, 3.8) is 0 Å². The van der Waals surface area contributed by atoms with E-state index in [-0.39, 0.29) is 0 Å². The Morgan fingerprint density at radius 1 is 0.622 bits per heavy atom. The second-order valence-corrected chi connectivity index (χ2v) is 10.8. The molecule has 7 aromatic rings. The lowest BCUT2D eigenvalue weighted by atomic mass is 9.98. The molecule has 0 saturated carbocycles. The molecule has 0 spiro atoms. The van der Waals surface area contributed by atoms with Crippen molar-refractivity contribution in [1.29, 1.82) is 5.26 Å². The van der Waals surface area contributed by atoms with Crippen LogP contribution in [0, 0.1) is 45.6 Å². The van der Waals surface area contributed by atoms with Crippen LogP contribution in [0.2, 0.25) is 0 Å². The number of fused-ring (bicyclic) bond motifs is 3. The van der Waals surface area contributed by atoms with Crippen molar-refractivity contribution in [3.8, 4) is 45.7 Å². The molecule has 0 unspecified atom stereocenters. The Hall–Kier alpha value is -6.32. The van der Waals surface area contributed by atoms with Crippen LogP contribution < -0.4 is 0 Å². The van der Waals surface area contributed by atoms with Gasteiger partial charge in [-0.05, 0) is 75.2 Å². The highest BCUT2D eigenvalue weighted by atomic mass is 15.0. The first-order valence-electron chi connectivity index (χ1n) is 14.3. The van der Waals surface area contributed by atoms with E-state index >= 15 is 0 Å². The maximum Gasteiger partial charge on any atom is 0.188 e. The van der Waals surface area contributed by atoms with Gasteiger partial charge in [-0.15, -0.1) is 0 Å². The first kappa shape index (κ1) is 27.5. The molecule has 0 bridgehead atoms. The topological polar surface area (TPSA) is 110 Å². The normalized spacial score (nSPS) is 11.1. The Kier molecular flexibility index (Phi) is 6.57. The molecular formula is C36H25N9. The van der Waals surface area contributed by atoms with Gasteiger partial charge in [0.2, 0.25) is 0 Å². The first-order chi connectivity index (χ1) is 21.8. The van der Waals surface area contributed by atoms with E-state index in [9.17, 15) is 5.26 Å². The summed E-state index contributed by atoms with van der Waals surface area (Å²) in [4.78, 5) is 31.0. The molecular weight excluding hydrogens is 558 g/mol. The molecule has 0 N–H and O–H groups in total. The number of aromatic nitrogens is 7. The van der Waals surface area contributed by atoms with Gasteiger partial charge < -0.3 is 4.57 Å². The fraction of sp³-hybridized carbons (Fsp3) is 0.111. The van der Waals surface area contributed by atoms with E-state index in [1.54, 1.807) is 12.1 Å². The smallest absolute Gasteiger partial charge is 0.188 e. The van der Waals surface area contributed by atoms with Crippen molar-refractivity contribution in [2.75, 3.05) is 0 Å². The highest BCUT2D eigenvalue weighted by Gasteiger charge is 2.20. The van der Waals surface area contributed by atoms with E-state index in [2.05, 4.69) is 65.7 Å². The lowest BCUT2D eigenvalue weighted by molar-refractivity contribution is 0.924. The van der Waals surface area contributed by atoms with E-state index in [0.717, 1.165) is 49.7 Å². The largest absolute Gasteiger partial charge is 0.308 e. The van der Waals surface area contributed by atoms with Gasteiger partial charge in [-0.25, -0.2) is 34.7 Å². The molecule has 0 saturated heterocycles. The number of benzene rings is 4. The summed E-state index contributed by atoms with van der Waals surface area (Å²) >= 11 is 0. The van der Waals surface area contributed by atoms with Gasteiger partial charge in [0.1, 0.15) is 23.3 Å². The summed E-state index contributed by atoms with van der Waals surface area (Å²) in [6.45, 7) is 14.8. The number of nitrogens with zero attached hydrogens (tertiary/aromatic N) is 9. The molecule has 0 aliphatic carbocycles. The molecule has 0 aliphatic rings. The third kappa shape index (κ3) is 4.83. The van der Waals surface area contributed by atoms with Crippen LogP contribution in [0.5, 0.6) is 0 Å². The molecule has 9 nitrogen and oxygen atoms in total. The van der Waals surface area contributed by atoms with Crippen molar-refractivity contribution in [1.82, 2.24) is 34.5 Å². The summed E-state index contributed by atoms with van der Waals surface area (Å²) in [5, 5.41) is 12.1. The predicted molar refractivity (Wildman–Crippen MR) is 174 cm³/mol. The third-order valence-electron chi connectivity index (χ3n) is 7.69. The molecule has 214 valence electrons. The molecule has 7 rings (SSSR count). The van der Waals surface area contributed by atoms with Crippen LogP contribution in [0.15, 0.2) is 78.9 Å². The van der Waals surface area contributed by atoms with Gasteiger partial charge in [-0.3, -0.25) is 0 Å². The van der Waals surface area contributed by atoms with E-state index in [1.807, 2.05) is 64.1 Å². The molecule has 0 atom stereocenters. The monoisotopic (exact) mass is 583 g/mol. The second kappa shape index (κ2) is 10.7. The molecule has 4 aromatic carbocycles. The fourth-order valence-electron chi connectivity index (χ4n) is 5.87. The van der Waals surface area contributed by atoms with Crippen LogP contribution >= 0.6 is 0 Å². The van der Waals surface area contributed by atoms with E-state index in [1.165, 1.54) is 0 Å². The highest BCUT2D eigenvalue weighted by Crippen LogP contribution is 2.39. The third-order valence-corrected chi connectivity index (χ3v) is 7.69. The van der Waals surface area contributed by atoms with Gasteiger partial charge in [0, 0.05) is 27.5 Å². The Morgan fingerprint density at radius 3 is 1.96 bits per heavy atom. The molecule has 9 heteroatoms. The van der Waals surface area contributed by atoms with Crippen molar-refractivity contribution < 1.29 is 0 Å². The van der Waals surface area contributed by atoms with Gasteiger partial charge in [-0.2, -0.15) is 5.26 Å². The Balaban J connectivity index is 1.55. The maximum absolute atomic E-state index is 9.93. The predicted octanol–water partition coefficient (Wildman–Crippen LogP) is 7.81. The van der Waals surface area contributed by atoms with Crippen LogP contribution in [0.4, 0.5) is 5.69 Å². The number of hydrogen-bond acceptors (Lipinski definition) is 7. The van der Waals surface area contributed by atoms with Gasteiger partial charge in [0.25, 0.3) is 0 Å². The molecule has 3 heterocycles. The van der Waals surface area contributed by atoms with Crippen molar-refractivity contribution >= 4 is 27.5 Å². The quantitative estimate of drug-likeness (QED) is 0.194. The minimum atomic E-state index is 0.432. The summed E-state index contributed by atoms with van der Waals surface area (Å²) < 4.78 is 2.21.